The molecule has 0 bridgehead atoms. The Morgan fingerprint density at radius 1 is 1.14 bits per heavy atom. The molecule has 6 nitrogen and oxygen atoms in total. The standard InChI is InChI=1S/C15H31NO2.CH3NO2/c1-6-7-8-9-10-11-12-13(2)16-14(17)18-15(3,4)5;2-1(3)4/h13H,6-12H2,1-5H3,(H,16,17);2H2,(H,3,4)/t13-;/m0./s1. The van der Waals surface area contributed by atoms with Crippen LogP contribution in [-0.4, -0.2) is 28.9 Å². The van der Waals surface area contributed by atoms with Gasteiger partial charge in [-0.1, -0.05) is 45.4 Å². The van der Waals surface area contributed by atoms with Crippen molar-refractivity contribution in [2.75, 3.05) is 0 Å². The van der Waals surface area contributed by atoms with Crippen LogP contribution in [-0.2, 0) is 4.74 Å². The molecule has 0 radical (unpaired) electrons. The van der Waals surface area contributed by atoms with E-state index in [9.17, 15) is 4.79 Å². The minimum atomic E-state index is -1.33. The van der Waals surface area contributed by atoms with Crippen molar-refractivity contribution >= 4 is 12.2 Å². The van der Waals surface area contributed by atoms with Gasteiger partial charge in [0.25, 0.3) is 0 Å². The maximum Gasteiger partial charge on any atom is 0.407 e. The monoisotopic (exact) mass is 318 g/mol. The lowest BCUT2D eigenvalue weighted by atomic mass is 10.1. The van der Waals surface area contributed by atoms with Crippen LogP contribution in [0.15, 0.2) is 0 Å². The fourth-order valence-electron chi connectivity index (χ4n) is 1.81. The average molecular weight is 318 g/mol. The molecule has 132 valence electrons. The lowest BCUT2D eigenvalue weighted by Gasteiger charge is -2.21. The molecule has 0 heterocycles. The van der Waals surface area contributed by atoms with Gasteiger partial charge in [-0.25, -0.2) is 9.59 Å². The summed E-state index contributed by atoms with van der Waals surface area (Å²) >= 11 is 0. The molecule has 1 atom stereocenters. The lowest BCUT2D eigenvalue weighted by molar-refractivity contribution is 0.0505. The summed E-state index contributed by atoms with van der Waals surface area (Å²) in [7, 11) is 0. The molecule has 4 N–H and O–H groups in total. The molecule has 0 aliphatic carbocycles. The predicted molar refractivity (Wildman–Crippen MR) is 89.0 cm³/mol. The van der Waals surface area contributed by atoms with Crippen LogP contribution in [0.1, 0.15) is 79.6 Å². The van der Waals surface area contributed by atoms with Crippen molar-refractivity contribution in [3.8, 4) is 0 Å². The fraction of sp³-hybridized carbons (Fsp3) is 0.875. The molecule has 2 amide bonds. The largest absolute Gasteiger partial charge is 0.465 e. The molecule has 22 heavy (non-hydrogen) atoms. The van der Waals surface area contributed by atoms with E-state index < -0.39 is 11.7 Å². The van der Waals surface area contributed by atoms with Crippen LogP contribution in [0, 0.1) is 0 Å². The van der Waals surface area contributed by atoms with Gasteiger partial charge in [0.05, 0.1) is 0 Å². The number of alkyl carbamates (subject to hydrolysis) is 1. The van der Waals surface area contributed by atoms with Crippen molar-refractivity contribution in [2.45, 2.75) is 91.2 Å². The van der Waals surface area contributed by atoms with Crippen LogP contribution in [0.2, 0.25) is 0 Å². The van der Waals surface area contributed by atoms with Gasteiger partial charge in [-0.3, -0.25) is 0 Å². The zero-order valence-electron chi connectivity index (χ0n) is 14.8. The van der Waals surface area contributed by atoms with E-state index in [1.807, 2.05) is 27.7 Å². The molecule has 0 rings (SSSR count). The summed E-state index contributed by atoms with van der Waals surface area (Å²) in [5.74, 6) is 0. The highest BCUT2D eigenvalue weighted by molar-refractivity contribution is 5.67. The summed E-state index contributed by atoms with van der Waals surface area (Å²) in [6.07, 6.45) is 7.12. The highest BCUT2D eigenvalue weighted by Crippen LogP contribution is 2.10. The molecule has 0 fully saturated rings. The second kappa shape index (κ2) is 13.2. The smallest absolute Gasteiger partial charge is 0.407 e. The van der Waals surface area contributed by atoms with Crippen LogP contribution >= 0.6 is 0 Å². The van der Waals surface area contributed by atoms with Gasteiger partial charge in [0.1, 0.15) is 5.60 Å². The molecular formula is C16H34N2O4. The number of nitrogens with two attached hydrogens (primary N) is 1. The van der Waals surface area contributed by atoms with Crippen molar-refractivity contribution in [3.05, 3.63) is 0 Å². The summed E-state index contributed by atoms with van der Waals surface area (Å²) in [4.78, 5) is 20.3. The molecule has 0 aliphatic heterocycles. The minimum Gasteiger partial charge on any atom is -0.465 e. The van der Waals surface area contributed by atoms with Crippen LogP contribution in [0.5, 0.6) is 0 Å². The number of carbonyl (C=O) groups excluding carboxylic acids is 1. The summed E-state index contributed by atoms with van der Waals surface area (Å²) in [5.41, 5.74) is 3.62. The third-order valence-corrected chi connectivity index (χ3v) is 2.75. The maximum atomic E-state index is 11.5. The molecule has 0 aliphatic rings. The number of hydrogen-bond acceptors (Lipinski definition) is 3. The van der Waals surface area contributed by atoms with E-state index in [0.29, 0.717) is 0 Å². The molecule has 6 heteroatoms. The van der Waals surface area contributed by atoms with Gasteiger partial charge in [-0.2, -0.15) is 0 Å². The summed E-state index contributed by atoms with van der Waals surface area (Å²) in [6, 6.07) is 0.200. The third kappa shape index (κ3) is 23.6. The Labute approximate surface area is 134 Å². The first kappa shape index (κ1) is 22.8. The number of hydrogen-bond donors (Lipinski definition) is 3. The summed E-state index contributed by atoms with van der Waals surface area (Å²) in [6.45, 7) is 9.91. The van der Waals surface area contributed by atoms with E-state index in [2.05, 4.69) is 18.0 Å². The Morgan fingerprint density at radius 3 is 2.05 bits per heavy atom. The molecule has 0 aromatic carbocycles. The molecule has 0 spiro atoms. The SMILES string of the molecule is CCCCCCCC[C@H](C)NC(=O)OC(C)(C)C.NC(=O)O. The van der Waals surface area contributed by atoms with Gasteiger partial charge < -0.3 is 20.9 Å². The molecule has 0 unspecified atom stereocenters. The van der Waals surface area contributed by atoms with E-state index in [4.69, 9.17) is 14.6 Å². The summed E-state index contributed by atoms with van der Waals surface area (Å²) in [5, 5.41) is 10.1. The number of ether oxygens (including phenoxy) is 1. The number of carbonyl (C=O) groups is 2. The Balaban J connectivity index is 0. The number of nitrogens with one attached hydrogen (secondary N) is 1. The van der Waals surface area contributed by atoms with Crippen molar-refractivity contribution in [2.24, 2.45) is 5.73 Å². The molecule has 0 aromatic rings. The van der Waals surface area contributed by atoms with E-state index in [0.717, 1.165) is 6.42 Å². The summed E-state index contributed by atoms with van der Waals surface area (Å²) < 4.78 is 5.22. The quantitative estimate of drug-likeness (QED) is 0.581. The Kier molecular flexibility index (Phi) is 13.7. The second-order valence-electron chi connectivity index (χ2n) is 6.44. The van der Waals surface area contributed by atoms with Crippen LogP contribution in [0.4, 0.5) is 9.59 Å². The van der Waals surface area contributed by atoms with Crippen molar-refractivity contribution in [3.63, 3.8) is 0 Å². The van der Waals surface area contributed by atoms with E-state index in [1.165, 1.54) is 38.5 Å². The molecule has 0 aromatic heterocycles. The Morgan fingerprint density at radius 2 is 1.59 bits per heavy atom. The first-order chi connectivity index (χ1) is 10.1. The fourth-order valence-corrected chi connectivity index (χ4v) is 1.81. The van der Waals surface area contributed by atoms with Crippen molar-refractivity contribution in [1.82, 2.24) is 5.32 Å². The maximum absolute atomic E-state index is 11.5. The minimum absolute atomic E-state index is 0.200. The number of rotatable bonds is 8. The van der Waals surface area contributed by atoms with Crippen molar-refractivity contribution in [1.29, 1.82) is 0 Å². The zero-order valence-corrected chi connectivity index (χ0v) is 14.8. The number of carboxylic acid groups (broad SMARTS) is 1. The Hall–Kier alpha value is -1.46. The average Bonchev–Trinajstić information content (AvgIpc) is 2.30. The Bertz CT molecular complexity index is 297. The van der Waals surface area contributed by atoms with E-state index in [1.54, 1.807) is 0 Å². The predicted octanol–water partition coefficient (Wildman–Crippen LogP) is 4.27. The molecule has 0 saturated carbocycles. The lowest BCUT2D eigenvalue weighted by Crippen LogP contribution is -2.37. The molecule has 0 saturated heterocycles. The highest BCUT2D eigenvalue weighted by Gasteiger charge is 2.17. The van der Waals surface area contributed by atoms with Crippen LogP contribution in [0.25, 0.3) is 0 Å². The third-order valence-electron chi connectivity index (χ3n) is 2.75. The van der Waals surface area contributed by atoms with Gasteiger partial charge >= 0.3 is 12.2 Å². The zero-order chi connectivity index (χ0) is 17.6. The number of amides is 2. The molecular weight excluding hydrogens is 284 g/mol. The first-order valence-corrected chi connectivity index (χ1v) is 8.06. The van der Waals surface area contributed by atoms with Gasteiger partial charge in [0.2, 0.25) is 0 Å². The van der Waals surface area contributed by atoms with Crippen LogP contribution in [0.3, 0.4) is 0 Å². The highest BCUT2D eigenvalue weighted by atomic mass is 16.6. The van der Waals surface area contributed by atoms with Gasteiger partial charge in [-0.05, 0) is 34.1 Å². The van der Waals surface area contributed by atoms with E-state index >= 15 is 0 Å². The topological polar surface area (TPSA) is 102 Å². The normalized spacial score (nSPS) is 11.9. The first-order valence-electron chi connectivity index (χ1n) is 8.06. The van der Waals surface area contributed by atoms with Crippen LogP contribution < -0.4 is 11.1 Å². The van der Waals surface area contributed by atoms with Gasteiger partial charge in [0.15, 0.2) is 0 Å². The number of unbranched alkanes of at least 4 members (excludes halogenated alkanes) is 5. The van der Waals surface area contributed by atoms with Gasteiger partial charge in [0, 0.05) is 6.04 Å². The second-order valence-corrected chi connectivity index (χ2v) is 6.44. The van der Waals surface area contributed by atoms with Crippen molar-refractivity contribution < 1.29 is 19.4 Å². The number of primary amides is 1. The van der Waals surface area contributed by atoms with E-state index in [-0.39, 0.29) is 12.1 Å². The van der Waals surface area contributed by atoms with Gasteiger partial charge in [-0.15, -0.1) is 0 Å².